The second-order valence-corrected chi connectivity index (χ2v) is 4.56. The van der Waals surface area contributed by atoms with E-state index in [1.54, 1.807) is 13.3 Å². The number of nitrogen functional groups attached to an aromatic ring is 1. The molecule has 7 nitrogen and oxygen atoms in total. The summed E-state index contributed by atoms with van der Waals surface area (Å²) in [5.74, 6) is 0.163. The fraction of sp³-hybridized carbons (Fsp3) is 0.250. The maximum Gasteiger partial charge on any atom is 0.344 e. The minimum Gasteiger partial charge on any atom is -0.481 e. The number of hydrogen-bond acceptors (Lipinski definition) is 8. The molecular weight excluding hydrogens is 280 g/mol. The number of pyridine rings is 1. The van der Waals surface area contributed by atoms with E-state index in [9.17, 15) is 4.79 Å². The van der Waals surface area contributed by atoms with Crippen LogP contribution in [0, 0.1) is 0 Å². The van der Waals surface area contributed by atoms with Crippen molar-refractivity contribution in [1.29, 1.82) is 0 Å². The van der Waals surface area contributed by atoms with Gasteiger partial charge in [-0.25, -0.2) is 9.78 Å². The van der Waals surface area contributed by atoms with Crippen molar-refractivity contribution in [3.05, 3.63) is 29.5 Å². The molecule has 0 saturated heterocycles. The molecule has 0 aliphatic heterocycles. The van der Waals surface area contributed by atoms with Crippen molar-refractivity contribution < 1.29 is 14.3 Å². The largest absolute Gasteiger partial charge is 0.481 e. The highest BCUT2D eigenvalue weighted by Gasteiger charge is 2.20. The highest BCUT2D eigenvalue weighted by molar-refractivity contribution is 7.11. The van der Waals surface area contributed by atoms with Crippen LogP contribution in [0.3, 0.4) is 0 Å². The van der Waals surface area contributed by atoms with E-state index in [1.807, 2.05) is 12.1 Å². The molecule has 3 N–H and O–H groups in total. The monoisotopic (exact) mass is 294 g/mol. The van der Waals surface area contributed by atoms with Gasteiger partial charge in [-0.15, -0.1) is 0 Å². The SMILES string of the molecule is COC(=O)c1c(N)nsc1NCc1cccnc1OC. The number of carbonyl (C=O) groups excluding carboxylic acids is 1. The average Bonchev–Trinajstić information content (AvgIpc) is 2.85. The van der Waals surface area contributed by atoms with E-state index >= 15 is 0 Å². The van der Waals surface area contributed by atoms with Crippen LogP contribution < -0.4 is 15.8 Å². The zero-order valence-electron chi connectivity index (χ0n) is 11.0. The number of carbonyl (C=O) groups is 1. The molecule has 0 aromatic carbocycles. The molecule has 0 bridgehead atoms. The van der Waals surface area contributed by atoms with Gasteiger partial charge in [0.2, 0.25) is 5.88 Å². The average molecular weight is 294 g/mol. The molecule has 0 saturated carbocycles. The van der Waals surface area contributed by atoms with E-state index < -0.39 is 5.97 Å². The van der Waals surface area contributed by atoms with Crippen LogP contribution in [0.25, 0.3) is 0 Å². The molecule has 0 amide bonds. The quantitative estimate of drug-likeness (QED) is 0.806. The standard InChI is InChI=1S/C12H14N4O3S/c1-18-10-7(4-3-5-14-10)6-15-11-8(12(17)19-2)9(13)16-20-11/h3-5,15H,6H2,1-2H3,(H2,13,16). The number of anilines is 2. The molecule has 0 unspecified atom stereocenters. The fourth-order valence-corrected chi connectivity index (χ4v) is 2.34. The third kappa shape index (κ3) is 2.80. The summed E-state index contributed by atoms with van der Waals surface area (Å²) >= 11 is 1.10. The van der Waals surface area contributed by atoms with E-state index in [1.165, 1.54) is 7.11 Å². The van der Waals surface area contributed by atoms with E-state index in [0.717, 1.165) is 17.1 Å². The first kappa shape index (κ1) is 14.1. The molecular formula is C12H14N4O3S. The van der Waals surface area contributed by atoms with Crippen molar-refractivity contribution in [2.75, 3.05) is 25.3 Å². The lowest BCUT2D eigenvalue weighted by Crippen LogP contribution is -2.08. The van der Waals surface area contributed by atoms with Crippen LogP contribution in [0.2, 0.25) is 0 Å². The number of aromatic nitrogens is 2. The smallest absolute Gasteiger partial charge is 0.344 e. The first-order chi connectivity index (χ1) is 9.67. The Morgan fingerprint density at radius 3 is 3.00 bits per heavy atom. The number of nitrogens with zero attached hydrogens (tertiary/aromatic N) is 2. The molecule has 20 heavy (non-hydrogen) atoms. The molecule has 0 aliphatic carbocycles. The molecule has 0 fully saturated rings. The van der Waals surface area contributed by atoms with Crippen LogP contribution in [0.4, 0.5) is 10.8 Å². The predicted octanol–water partition coefficient (Wildman–Crippen LogP) is 1.53. The summed E-state index contributed by atoms with van der Waals surface area (Å²) in [5, 5.41) is 3.65. The van der Waals surface area contributed by atoms with Crippen LogP contribution in [0.5, 0.6) is 5.88 Å². The normalized spacial score (nSPS) is 10.1. The molecule has 2 aromatic heterocycles. The Kier molecular flexibility index (Phi) is 4.36. The van der Waals surface area contributed by atoms with Crippen LogP contribution in [-0.4, -0.2) is 29.5 Å². The van der Waals surface area contributed by atoms with Gasteiger partial charge in [0.1, 0.15) is 10.6 Å². The van der Waals surface area contributed by atoms with Gasteiger partial charge in [-0.1, -0.05) is 6.07 Å². The van der Waals surface area contributed by atoms with Gasteiger partial charge in [-0.05, 0) is 17.6 Å². The third-order valence-corrected chi connectivity index (χ3v) is 3.41. The van der Waals surface area contributed by atoms with Gasteiger partial charge in [0.05, 0.1) is 14.2 Å². The summed E-state index contributed by atoms with van der Waals surface area (Å²) in [7, 11) is 2.85. The Hall–Kier alpha value is -2.35. The van der Waals surface area contributed by atoms with Gasteiger partial charge in [-0.3, -0.25) is 0 Å². The van der Waals surface area contributed by atoms with Crippen molar-refractivity contribution in [3.8, 4) is 5.88 Å². The Balaban J connectivity index is 2.17. The van der Waals surface area contributed by atoms with E-state index in [4.69, 9.17) is 10.5 Å². The topological polar surface area (TPSA) is 99.4 Å². The zero-order chi connectivity index (χ0) is 14.5. The van der Waals surface area contributed by atoms with Crippen molar-refractivity contribution >= 4 is 28.3 Å². The van der Waals surface area contributed by atoms with Crippen molar-refractivity contribution in [2.45, 2.75) is 6.54 Å². The Morgan fingerprint density at radius 2 is 2.30 bits per heavy atom. The second-order valence-electron chi connectivity index (χ2n) is 3.79. The molecule has 2 rings (SSSR count). The molecule has 8 heteroatoms. The van der Waals surface area contributed by atoms with Gasteiger partial charge in [0, 0.05) is 18.3 Å². The first-order valence-electron chi connectivity index (χ1n) is 5.72. The van der Waals surface area contributed by atoms with Crippen LogP contribution in [-0.2, 0) is 11.3 Å². The van der Waals surface area contributed by atoms with Crippen LogP contribution >= 0.6 is 11.5 Å². The number of nitrogens with one attached hydrogen (secondary N) is 1. The molecule has 0 atom stereocenters. The third-order valence-electron chi connectivity index (χ3n) is 2.59. The van der Waals surface area contributed by atoms with E-state index in [-0.39, 0.29) is 11.4 Å². The Bertz CT molecular complexity index is 614. The van der Waals surface area contributed by atoms with E-state index in [2.05, 4.69) is 19.4 Å². The Morgan fingerprint density at radius 1 is 1.50 bits per heavy atom. The summed E-state index contributed by atoms with van der Waals surface area (Å²) in [4.78, 5) is 15.7. The summed E-state index contributed by atoms with van der Waals surface area (Å²) in [6.07, 6.45) is 1.65. The van der Waals surface area contributed by atoms with Gasteiger partial charge >= 0.3 is 5.97 Å². The number of methoxy groups -OCH3 is 2. The Labute approximate surface area is 119 Å². The highest BCUT2D eigenvalue weighted by Crippen LogP contribution is 2.28. The van der Waals surface area contributed by atoms with Gasteiger partial charge < -0.3 is 20.5 Å². The van der Waals surface area contributed by atoms with Crippen LogP contribution in [0.1, 0.15) is 15.9 Å². The maximum atomic E-state index is 11.6. The second kappa shape index (κ2) is 6.20. The number of ether oxygens (including phenoxy) is 2. The van der Waals surface area contributed by atoms with E-state index in [0.29, 0.717) is 17.4 Å². The number of esters is 1. The summed E-state index contributed by atoms with van der Waals surface area (Å²) in [6.45, 7) is 0.433. The molecule has 2 aromatic rings. The summed E-state index contributed by atoms with van der Waals surface area (Å²) in [6, 6.07) is 3.68. The van der Waals surface area contributed by atoms with Gasteiger partial charge in [0.15, 0.2) is 5.82 Å². The molecule has 0 spiro atoms. The van der Waals surface area contributed by atoms with Gasteiger partial charge in [-0.2, -0.15) is 4.37 Å². The van der Waals surface area contributed by atoms with Crippen molar-refractivity contribution in [2.24, 2.45) is 0 Å². The highest BCUT2D eigenvalue weighted by atomic mass is 32.1. The maximum absolute atomic E-state index is 11.6. The van der Waals surface area contributed by atoms with Crippen LogP contribution in [0.15, 0.2) is 18.3 Å². The molecule has 0 radical (unpaired) electrons. The van der Waals surface area contributed by atoms with Crippen molar-refractivity contribution in [3.63, 3.8) is 0 Å². The molecule has 2 heterocycles. The molecule has 106 valence electrons. The number of rotatable bonds is 5. The lowest BCUT2D eigenvalue weighted by molar-refractivity contribution is 0.0603. The summed E-state index contributed by atoms with van der Waals surface area (Å²) in [5.41, 5.74) is 6.77. The minimum atomic E-state index is -0.517. The number of hydrogen-bond donors (Lipinski definition) is 2. The zero-order valence-corrected chi connectivity index (χ0v) is 11.9. The first-order valence-corrected chi connectivity index (χ1v) is 6.50. The fourth-order valence-electron chi connectivity index (χ4n) is 1.64. The minimum absolute atomic E-state index is 0.155. The van der Waals surface area contributed by atoms with Gasteiger partial charge in [0.25, 0.3) is 0 Å². The predicted molar refractivity (Wildman–Crippen MR) is 76.0 cm³/mol. The number of nitrogens with two attached hydrogens (primary N) is 1. The van der Waals surface area contributed by atoms with Crippen molar-refractivity contribution in [1.82, 2.24) is 9.36 Å². The summed E-state index contributed by atoms with van der Waals surface area (Å²) < 4.78 is 13.8. The molecule has 0 aliphatic rings. The lowest BCUT2D eigenvalue weighted by atomic mass is 10.2. The lowest BCUT2D eigenvalue weighted by Gasteiger charge is -2.08.